The number of carbonyl (C=O) groups excluding carboxylic acids is 1. The van der Waals surface area contributed by atoms with Crippen LogP contribution in [0.15, 0.2) is 53.9 Å². The zero-order valence-corrected chi connectivity index (χ0v) is 18.5. The monoisotopic (exact) mass is 442 g/mol. The van der Waals surface area contributed by atoms with Crippen molar-refractivity contribution in [1.82, 2.24) is 30.2 Å². The second-order valence-corrected chi connectivity index (χ2v) is 8.56. The molecule has 3 aromatic heterocycles. The number of H-pyrrole nitrogens is 1. The third-order valence-corrected chi connectivity index (χ3v) is 6.48. The summed E-state index contributed by atoms with van der Waals surface area (Å²) in [7, 11) is 0. The second kappa shape index (κ2) is 8.84. The lowest BCUT2D eigenvalue weighted by atomic mass is 9.98. The van der Waals surface area contributed by atoms with E-state index in [1.165, 1.54) is 16.9 Å². The van der Waals surface area contributed by atoms with Crippen LogP contribution in [0.2, 0.25) is 0 Å². The zero-order valence-electron chi connectivity index (χ0n) is 17.7. The summed E-state index contributed by atoms with van der Waals surface area (Å²) in [6.07, 6.45) is 3.99. The smallest absolute Gasteiger partial charge is 0.205 e. The van der Waals surface area contributed by atoms with Crippen molar-refractivity contribution in [1.29, 1.82) is 0 Å². The Morgan fingerprint density at radius 3 is 2.62 bits per heavy atom. The SMILES string of the molecule is CCCCc1nc2c(C=O)scc2n1Cc1ccc(-c2ccccc2-c2nn[nH]n2)cc1. The van der Waals surface area contributed by atoms with Crippen molar-refractivity contribution >= 4 is 28.7 Å². The number of aromatic nitrogens is 6. The van der Waals surface area contributed by atoms with Gasteiger partial charge in [0.1, 0.15) is 11.3 Å². The summed E-state index contributed by atoms with van der Waals surface area (Å²) in [4.78, 5) is 16.9. The summed E-state index contributed by atoms with van der Waals surface area (Å²) < 4.78 is 2.25. The van der Waals surface area contributed by atoms with E-state index in [0.29, 0.717) is 10.7 Å². The molecule has 0 fully saturated rings. The molecule has 0 spiro atoms. The molecule has 5 rings (SSSR count). The van der Waals surface area contributed by atoms with Crippen molar-refractivity contribution in [3.05, 3.63) is 70.2 Å². The molecule has 0 aliphatic carbocycles. The fourth-order valence-electron chi connectivity index (χ4n) is 3.95. The first kappa shape index (κ1) is 20.3. The molecule has 7 nitrogen and oxygen atoms in total. The first-order valence-electron chi connectivity index (χ1n) is 10.6. The Morgan fingerprint density at radius 1 is 1.09 bits per heavy atom. The number of imidazole rings is 1. The van der Waals surface area contributed by atoms with Gasteiger partial charge in [0.15, 0.2) is 6.29 Å². The molecule has 1 N–H and O–H groups in total. The molecule has 32 heavy (non-hydrogen) atoms. The molecule has 0 unspecified atom stereocenters. The molecule has 0 amide bonds. The quantitative estimate of drug-likeness (QED) is 0.336. The summed E-state index contributed by atoms with van der Waals surface area (Å²) in [6.45, 7) is 2.90. The van der Waals surface area contributed by atoms with E-state index in [1.807, 2.05) is 23.6 Å². The molecule has 160 valence electrons. The molecule has 0 bridgehead atoms. The van der Waals surface area contributed by atoms with Crippen molar-refractivity contribution in [3.63, 3.8) is 0 Å². The number of tetrazole rings is 1. The maximum absolute atomic E-state index is 11.4. The van der Waals surface area contributed by atoms with Crippen molar-refractivity contribution < 1.29 is 4.79 Å². The predicted octanol–water partition coefficient (Wildman–Crippen LogP) is 5.15. The molecule has 2 aromatic carbocycles. The summed E-state index contributed by atoms with van der Waals surface area (Å²) >= 11 is 1.46. The van der Waals surface area contributed by atoms with Crippen LogP contribution >= 0.6 is 11.3 Å². The van der Waals surface area contributed by atoms with E-state index >= 15 is 0 Å². The van der Waals surface area contributed by atoms with Crippen molar-refractivity contribution in [2.45, 2.75) is 32.7 Å². The van der Waals surface area contributed by atoms with Gasteiger partial charge in [0.2, 0.25) is 5.82 Å². The molecule has 8 heteroatoms. The van der Waals surface area contributed by atoms with Gasteiger partial charge in [0.05, 0.1) is 10.4 Å². The Bertz CT molecular complexity index is 1350. The predicted molar refractivity (Wildman–Crippen MR) is 126 cm³/mol. The van der Waals surface area contributed by atoms with Crippen LogP contribution < -0.4 is 0 Å². The molecule has 0 saturated heterocycles. The lowest BCUT2D eigenvalue weighted by Crippen LogP contribution is -2.05. The fraction of sp³-hybridized carbons (Fsp3) is 0.208. The topological polar surface area (TPSA) is 89.4 Å². The summed E-state index contributed by atoms with van der Waals surface area (Å²) in [5.41, 5.74) is 6.13. The number of thiophene rings is 1. The molecule has 0 radical (unpaired) electrons. The third kappa shape index (κ3) is 3.73. The molecule has 0 atom stereocenters. The second-order valence-electron chi connectivity index (χ2n) is 7.65. The van der Waals surface area contributed by atoms with Gasteiger partial charge in [-0.15, -0.1) is 21.5 Å². The largest absolute Gasteiger partial charge is 0.323 e. The standard InChI is InChI=1S/C24H22N6OS/c1-2-3-8-22-25-23-20(15-32-21(23)14-31)30(22)13-16-9-11-17(12-10-16)18-6-4-5-7-19(18)24-26-28-29-27-24/h4-7,9-12,14-15H,2-3,8,13H2,1H3,(H,26,27,28,29). The highest BCUT2D eigenvalue weighted by Gasteiger charge is 2.16. The van der Waals surface area contributed by atoms with Gasteiger partial charge in [-0.25, -0.2) is 4.98 Å². The summed E-state index contributed by atoms with van der Waals surface area (Å²) in [5.74, 6) is 1.62. The van der Waals surface area contributed by atoms with Gasteiger partial charge in [-0.2, -0.15) is 5.21 Å². The molecule has 3 heterocycles. The van der Waals surface area contributed by atoms with Crippen molar-refractivity contribution in [2.75, 3.05) is 0 Å². The molecule has 0 aliphatic rings. The minimum atomic E-state index is 0.578. The molecular weight excluding hydrogens is 420 g/mol. The maximum atomic E-state index is 11.4. The number of carbonyl (C=O) groups is 1. The van der Waals surface area contributed by atoms with Crippen molar-refractivity contribution in [3.8, 4) is 22.5 Å². The highest BCUT2D eigenvalue weighted by molar-refractivity contribution is 7.13. The zero-order chi connectivity index (χ0) is 21.9. The van der Waals surface area contributed by atoms with E-state index in [4.69, 9.17) is 4.98 Å². The molecule has 0 aliphatic heterocycles. The fourth-order valence-corrected chi connectivity index (χ4v) is 4.75. The first-order chi connectivity index (χ1) is 15.8. The van der Waals surface area contributed by atoms with Gasteiger partial charge < -0.3 is 4.57 Å². The van der Waals surface area contributed by atoms with E-state index in [0.717, 1.165) is 65.6 Å². The minimum Gasteiger partial charge on any atom is -0.323 e. The van der Waals surface area contributed by atoms with Gasteiger partial charge in [-0.3, -0.25) is 4.79 Å². The van der Waals surface area contributed by atoms with Gasteiger partial charge in [0, 0.05) is 23.9 Å². The van der Waals surface area contributed by atoms with Crippen LogP contribution in [0.25, 0.3) is 33.5 Å². The highest BCUT2D eigenvalue weighted by atomic mass is 32.1. The van der Waals surface area contributed by atoms with Crippen LogP contribution in [0.1, 0.15) is 40.8 Å². The van der Waals surface area contributed by atoms with E-state index in [-0.39, 0.29) is 0 Å². The Hall–Kier alpha value is -3.65. The normalized spacial score (nSPS) is 11.3. The van der Waals surface area contributed by atoms with Crippen LogP contribution in [-0.2, 0) is 13.0 Å². The van der Waals surface area contributed by atoms with Gasteiger partial charge in [-0.05, 0) is 28.3 Å². The Labute approximate surface area is 189 Å². The van der Waals surface area contributed by atoms with E-state index < -0.39 is 0 Å². The van der Waals surface area contributed by atoms with Crippen LogP contribution in [-0.4, -0.2) is 36.5 Å². The van der Waals surface area contributed by atoms with Gasteiger partial charge in [0.25, 0.3) is 0 Å². The van der Waals surface area contributed by atoms with Crippen LogP contribution in [0.5, 0.6) is 0 Å². The minimum absolute atomic E-state index is 0.578. The number of hydrogen-bond acceptors (Lipinski definition) is 6. The van der Waals surface area contributed by atoms with E-state index in [9.17, 15) is 4.79 Å². The number of nitrogens with zero attached hydrogens (tertiary/aromatic N) is 5. The number of aldehydes is 1. The Kier molecular flexibility index (Phi) is 5.60. The highest BCUT2D eigenvalue weighted by Crippen LogP contribution is 2.31. The van der Waals surface area contributed by atoms with Crippen LogP contribution in [0.3, 0.4) is 0 Å². The number of benzene rings is 2. The first-order valence-corrected chi connectivity index (χ1v) is 11.5. The number of unbranched alkanes of at least 4 members (excludes halogenated alkanes) is 1. The molecule has 0 saturated carbocycles. The number of aromatic amines is 1. The Balaban J connectivity index is 1.47. The van der Waals surface area contributed by atoms with E-state index in [1.54, 1.807) is 0 Å². The van der Waals surface area contributed by atoms with Crippen LogP contribution in [0, 0.1) is 0 Å². The number of fused-ring (bicyclic) bond motifs is 1. The number of hydrogen-bond donors (Lipinski definition) is 1. The number of nitrogens with one attached hydrogen (secondary N) is 1. The van der Waals surface area contributed by atoms with Crippen molar-refractivity contribution in [2.24, 2.45) is 0 Å². The summed E-state index contributed by atoms with van der Waals surface area (Å²) in [6, 6.07) is 16.6. The lowest BCUT2D eigenvalue weighted by molar-refractivity contribution is 0.112. The van der Waals surface area contributed by atoms with Crippen LogP contribution in [0.4, 0.5) is 0 Å². The Morgan fingerprint density at radius 2 is 1.91 bits per heavy atom. The molecular formula is C24H22N6OS. The average Bonchev–Trinajstić information content (AvgIpc) is 3.57. The number of aryl methyl sites for hydroxylation is 1. The summed E-state index contributed by atoms with van der Waals surface area (Å²) in [5, 5.41) is 16.5. The maximum Gasteiger partial charge on any atom is 0.205 e. The van der Waals surface area contributed by atoms with Gasteiger partial charge in [-0.1, -0.05) is 61.9 Å². The number of rotatable bonds is 8. The average molecular weight is 443 g/mol. The molecule has 5 aromatic rings. The third-order valence-electron chi connectivity index (χ3n) is 5.60. The lowest BCUT2D eigenvalue weighted by Gasteiger charge is -2.11. The van der Waals surface area contributed by atoms with Gasteiger partial charge >= 0.3 is 0 Å². The van der Waals surface area contributed by atoms with E-state index in [2.05, 4.69) is 62.4 Å².